The molecule has 2 heterocycles. The lowest BCUT2D eigenvalue weighted by molar-refractivity contribution is -0.118. The molecule has 1 aromatic heterocycles. The fraction of sp³-hybridized carbons (Fsp3) is 0.474. The first-order valence-corrected chi connectivity index (χ1v) is 8.86. The van der Waals surface area contributed by atoms with Crippen molar-refractivity contribution in [3.05, 3.63) is 41.7 Å². The van der Waals surface area contributed by atoms with Gasteiger partial charge in [-0.15, -0.1) is 0 Å². The van der Waals surface area contributed by atoms with Gasteiger partial charge in [-0.1, -0.05) is 24.6 Å². The van der Waals surface area contributed by atoms with Crippen molar-refractivity contribution in [1.29, 1.82) is 0 Å². The molecular weight excluding hydrogens is 316 g/mol. The molecule has 0 bridgehead atoms. The number of carbonyl (C=O) groups is 1. The third-order valence-corrected chi connectivity index (χ3v) is 4.86. The molecule has 1 aliphatic rings. The van der Waals surface area contributed by atoms with E-state index in [4.69, 9.17) is 0 Å². The lowest BCUT2D eigenvalue weighted by atomic mass is 10.0. The van der Waals surface area contributed by atoms with Gasteiger partial charge in [0.1, 0.15) is 0 Å². The van der Waals surface area contributed by atoms with Crippen LogP contribution in [0.5, 0.6) is 0 Å². The van der Waals surface area contributed by atoms with E-state index in [0.717, 1.165) is 48.6 Å². The molecular formula is C19H26N4O2. The summed E-state index contributed by atoms with van der Waals surface area (Å²) in [5.41, 5.74) is 3.45. The average molecular weight is 342 g/mol. The first-order valence-electron chi connectivity index (χ1n) is 8.86. The summed E-state index contributed by atoms with van der Waals surface area (Å²) in [6.45, 7) is 5.14. The van der Waals surface area contributed by atoms with Crippen LogP contribution in [0.25, 0.3) is 5.69 Å². The van der Waals surface area contributed by atoms with Crippen molar-refractivity contribution < 1.29 is 9.90 Å². The van der Waals surface area contributed by atoms with Gasteiger partial charge in [0.25, 0.3) is 0 Å². The van der Waals surface area contributed by atoms with Crippen molar-refractivity contribution in [2.24, 2.45) is 0 Å². The van der Waals surface area contributed by atoms with Crippen LogP contribution in [0.1, 0.15) is 30.7 Å². The van der Waals surface area contributed by atoms with Crippen molar-refractivity contribution in [3.63, 3.8) is 0 Å². The van der Waals surface area contributed by atoms with Gasteiger partial charge in [0.2, 0.25) is 5.91 Å². The van der Waals surface area contributed by atoms with Crippen LogP contribution in [-0.2, 0) is 4.79 Å². The van der Waals surface area contributed by atoms with Gasteiger partial charge >= 0.3 is 0 Å². The number of piperidine rings is 1. The highest BCUT2D eigenvalue weighted by Crippen LogP contribution is 2.23. The van der Waals surface area contributed by atoms with Crippen molar-refractivity contribution in [2.45, 2.75) is 39.2 Å². The Morgan fingerprint density at radius 3 is 2.76 bits per heavy atom. The van der Waals surface area contributed by atoms with E-state index in [-0.39, 0.29) is 18.6 Å². The van der Waals surface area contributed by atoms with Crippen LogP contribution >= 0.6 is 0 Å². The Labute approximate surface area is 148 Å². The molecule has 1 unspecified atom stereocenters. The molecule has 1 atom stereocenters. The van der Waals surface area contributed by atoms with Crippen molar-refractivity contribution in [1.82, 2.24) is 14.7 Å². The number of hydrogen-bond donors (Lipinski definition) is 2. The van der Waals surface area contributed by atoms with E-state index in [9.17, 15) is 9.90 Å². The molecule has 3 rings (SSSR count). The van der Waals surface area contributed by atoms with E-state index >= 15 is 0 Å². The zero-order chi connectivity index (χ0) is 17.8. The molecule has 0 saturated carbocycles. The third-order valence-electron chi connectivity index (χ3n) is 4.86. The number of anilines is 1. The predicted molar refractivity (Wildman–Crippen MR) is 98.0 cm³/mol. The fourth-order valence-corrected chi connectivity index (χ4v) is 3.48. The monoisotopic (exact) mass is 342 g/mol. The summed E-state index contributed by atoms with van der Waals surface area (Å²) in [5, 5.41) is 17.1. The minimum Gasteiger partial charge on any atom is -0.395 e. The van der Waals surface area contributed by atoms with E-state index < -0.39 is 0 Å². The minimum atomic E-state index is -0.0563. The number of aromatic nitrogens is 2. The highest BCUT2D eigenvalue weighted by atomic mass is 16.3. The molecule has 134 valence electrons. The molecule has 0 radical (unpaired) electrons. The summed E-state index contributed by atoms with van der Waals surface area (Å²) in [6, 6.07) is 9.97. The molecule has 6 nitrogen and oxygen atoms in total. The number of likely N-dealkylation sites (tertiary alicyclic amines) is 1. The van der Waals surface area contributed by atoms with Crippen LogP contribution in [0.3, 0.4) is 0 Å². The topological polar surface area (TPSA) is 70.4 Å². The first-order chi connectivity index (χ1) is 12.1. The van der Waals surface area contributed by atoms with Crippen molar-refractivity contribution in [2.75, 3.05) is 25.0 Å². The fourth-order valence-electron chi connectivity index (χ4n) is 3.48. The molecule has 1 aliphatic heterocycles. The van der Waals surface area contributed by atoms with Crippen LogP contribution in [0, 0.1) is 13.8 Å². The number of benzene rings is 1. The quantitative estimate of drug-likeness (QED) is 0.874. The molecule has 1 amide bonds. The number of aryl methyl sites for hydroxylation is 1. The maximum Gasteiger partial charge on any atom is 0.238 e. The van der Waals surface area contributed by atoms with Crippen LogP contribution in [0.4, 0.5) is 5.69 Å². The summed E-state index contributed by atoms with van der Waals surface area (Å²) < 4.78 is 1.85. The van der Waals surface area contributed by atoms with Gasteiger partial charge in [0.05, 0.1) is 35.9 Å². The van der Waals surface area contributed by atoms with Crippen molar-refractivity contribution >= 4 is 11.6 Å². The molecule has 2 N–H and O–H groups in total. The Morgan fingerprint density at radius 2 is 2.04 bits per heavy atom. The minimum absolute atomic E-state index is 0.0563. The molecule has 25 heavy (non-hydrogen) atoms. The second-order valence-corrected chi connectivity index (χ2v) is 6.64. The number of hydrogen-bond acceptors (Lipinski definition) is 4. The Morgan fingerprint density at radius 1 is 1.28 bits per heavy atom. The maximum absolute atomic E-state index is 12.5. The average Bonchev–Trinajstić information content (AvgIpc) is 2.91. The van der Waals surface area contributed by atoms with Crippen LogP contribution in [0.2, 0.25) is 0 Å². The Hall–Kier alpha value is -2.18. The number of amides is 1. The highest BCUT2D eigenvalue weighted by molar-refractivity contribution is 5.93. The summed E-state index contributed by atoms with van der Waals surface area (Å²) in [7, 11) is 0. The third kappa shape index (κ3) is 3.91. The lowest BCUT2D eigenvalue weighted by Gasteiger charge is -2.33. The van der Waals surface area contributed by atoms with Crippen LogP contribution in [-0.4, -0.2) is 51.4 Å². The molecule has 0 aliphatic carbocycles. The number of aliphatic hydroxyl groups is 1. The standard InChI is InChI=1S/C19H26N4O2/c1-14-19(15(2)23(21-14)16-8-4-3-5-9-16)20-18(25)12-22-11-7-6-10-17(22)13-24/h3-5,8-9,17,24H,6-7,10-13H2,1-2H3,(H,20,25). The normalized spacial score (nSPS) is 18.3. The zero-order valence-electron chi connectivity index (χ0n) is 14.9. The molecule has 2 aromatic rings. The highest BCUT2D eigenvalue weighted by Gasteiger charge is 2.24. The lowest BCUT2D eigenvalue weighted by Crippen LogP contribution is -2.45. The van der Waals surface area contributed by atoms with Gasteiger partial charge < -0.3 is 10.4 Å². The number of nitrogens with one attached hydrogen (secondary N) is 1. The van der Waals surface area contributed by atoms with Gasteiger partial charge in [0, 0.05) is 6.04 Å². The molecule has 6 heteroatoms. The van der Waals surface area contributed by atoms with Crippen molar-refractivity contribution in [3.8, 4) is 5.69 Å². The largest absolute Gasteiger partial charge is 0.395 e. The number of carbonyl (C=O) groups excluding carboxylic acids is 1. The van der Waals surface area contributed by atoms with Crippen LogP contribution < -0.4 is 5.32 Å². The molecule has 1 saturated heterocycles. The smallest absolute Gasteiger partial charge is 0.238 e. The number of nitrogens with zero attached hydrogens (tertiary/aromatic N) is 3. The zero-order valence-corrected chi connectivity index (χ0v) is 14.9. The van der Waals surface area contributed by atoms with Gasteiger partial charge in [-0.2, -0.15) is 5.10 Å². The summed E-state index contributed by atoms with van der Waals surface area (Å²) in [5.74, 6) is -0.0563. The molecule has 1 fully saturated rings. The number of rotatable bonds is 5. The first kappa shape index (κ1) is 17.6. The number of aliphatic hydroxyl groups excluding tert-OH is 1. The predicted octanol–water partition coefficient (Wildman–Crippen LogP) is 2.27. The Balaban J connectivity index is 1.72. The summed E-state index contributed by atoms with van der Waals surface area (Å²) >= 11 is 0. The summed E-state index contributed by atoms with van der Waals surface area (Å²) in [6.07, 6.45) is 3.15. The maximum atomic E-state index is 12.5. The van der Waals surface area contributed by atoms with E-state index in [1.807, 2.05) is 48.9 Å². The second kappa shape index (κ2) is 7.80. The van der Waals surface area contributed by atoms with E-state index in [1.165, 1.54) is 0 Å². The van der Waals surface area contributed by atoms with Gasteiger partial charge in [-0.3, -0.25) is 9.69 Å². The Kier molecular flexibility index (Phi) is 5.50. The SMILES string of the molecule is Cc1nn(-c2ccccc2)c(C)c1NC(=O)CN1CCCCC1CO. The molecule has 0 spiro atoms. The van der Waals surface area contributed by atoms with E-state index in [0.29, 0.717) is 6.54 Å². The Bertz CT molecular complexity index is 727. The summed E-state index contributed by atoms with van der Waals surface area (Å²) in [4.78, 5) is 14.6. The van der Waals surface area contributed by atoms with Gasteiger partial charge in [0.15, 0.2) is 0 Å². The van der Waals surface area contributed by atoms with Crippen LogP contribution in [0.15, 0.2) is 30.3 Å². The van der Waals surface area contributed by atoms with E-state index in [2.05, 4.69) is 15.3 Å². The van der Waals surface area contributed by atoms with Gasteiger partial charge in [-0.05, 0) is 45.4 Å². The van der Waals surface area contributed by atoms with E-state index in [1.54, 1.807) is 0 Å². The number of para-hydroxylation sites is 1. The molecule has 1 aromatic carbocycles. The van der Waals surface area contributed by atoms with Gasteiger partial charge in [-0.25, -0.2) is 4.68 Å². The second-order valence-electron chi connectivity index (χ2n) is 6.64.